The van der Waals surface area contributed by atoms with Crippen molar-refractivity contribution in [2.24, 2.45) is 0 Å². The van der Waals surface area contributed by atoms with Gasteiger partial charge in [0, 0.05) is 0 Å². The highest BCUT2D eigenvalue weighted by Gasteiger charge is 1.91. The molecule has 0 amide bonds. The minimum atomic E-state index is 1.09. The molecule has 0 bridgehead atoms. The third-order valence-corrected chi connectivity index (χ3v) is 2.38. The molecular formula is C16H21N. The van der Waals surface area contributed by atoms with E-state index >= 15 is 0 Å². The Morgan fingerprint density at radius 1 is 0.647 bits per heavy atom. The summed E-state index contributed by atoms with van der Waals surface area (Å²) < 4.78 is 0. The van der Waals surface area contributed by atoms with Gasteiger partial charge in [-0.25, -0.2) is 0 Å². The lowest BCUT2D eigenvalue weighted by Crippen LogP contribution is -2.09. The number of nitrogens with one attached hydrogen (secondary N) is 1. The van der Waals surface area contributed by atoms with Gasteiger partial charge in [0.15, 0.2) is 0 Å². The van der Waals surface area contributed by atoms with Crippen LogP contribution in [-0.2, 0) is 0 Å². The molecule has 0 unspecified atom stereocenters. The summed E-state index contributed by atoms with van der Waals surface area (Å²) in [5.41, 5.74) is 2.55. The van der Waals surface area contributed by atoms with E-state index in [1.165, 1.54) is 11.1 Å². The van der Waals surface area contributed by atoms with Crippen molar-refractivity contribution in [1.29, 1.82) is 0 Å². The van der Waals surface area contributed by atoms with Crippen molar-refractivity contribution in [1.82, 2.24) is 5.32 Å². The number of benzene rings is 2. The number of rotatable bonds is 3. The average Bonchev–Trinajstić information content (AvgIpc) is 2.42. The van der Waals surface area contributed by atoms with Gasteiger partial charge >= 0.3 is 0 Å². The fraction of sp³-hybridized carbons (Fsp3) is 0.250. The largest absolute Gasteiger partial charge is 0.317 e. The van der Waals surface area contributed by atoms with Gasteiger partial charge in [-0.05, 0) is 24.2 Å². The van der Waals surface area contributed by atoms with Crippen molar-refractivity contribution >= 4 is 0 Å². The second kappa shape index (κ2) is 8.54. The normalized spacial score (nSPS) is 9.29. The summed E-state index contributed by atoms with van der Waals surface area (Å²) in [6.45, 7) is 6.39. The van der Waals surface area contributed by atoms with Crippen molar-refractivity contribution in [2.45, 2.75) is 13.8 Å². The first-order chi connectivity index (χ1) is 8.38. The van der Waals surface area contributed by atoms with Crippen molar-refractivity contribution in [3.05, 3.63) is 60.7 Å². The van der Waals surface area contributed by atoms with Gasteiger partial charge in [-0.1, -0.05) is 74.5 Å². The van der Waals surface area contributed by atoms with Gasteiger partial charge in [-0.3, -0.25) is 0 Å². The average molecular weight is 227 g/mol. The molecule has 0 radical (unpaired) electrons. The molecule has 0 atom stereocenters. The first kappa shape index (κ1) is 13.5. The molecule has 2 aromatic carbocycles. The van der Waals surface area contributed by atoms with Gasteiger partial charge in [0.25, 0.3) is 0 Å². The molecule has 90 valence electrons. The van der Waals surface area contributed by atoms with E-state index in [4.69, 9.17) is 0 Å². The zero-order chi connectivity index (χ0) is 12.3. The molecule has 0 saturated carbocycles. The SMILES string of the molecule is CCNCC.c1ccc(-c2ccccc2)cc1. The van der Waals surface area contributed by atoms with E-state index in [9.17, 15) is 0 Å². The maximum absolute atomic E-state index is 3.11. The Balaban J connectivity index is 0.000000249. The maximum Gasteiger partial charge on any atom is -0.00775 e. The van der Waals surface area contributed by atoms with E-state index in [1.54, 1.807) is 0 Å². The summed E-state index contributed by atoms with van der Waals surface area (Å²) in [5, 5.41) is 3.11. The maximum atomic E-state index is 3.11. The van der Waals surface area contributed by atoms with Crippen LogP contribution in [0.25, 0.3) is 11.1 Å². The second-order valence-corrected chi connectivity index (χ2v) is 3.69. The number of hydrogen-bond acceptors (Lipinski definition) is 1. The van der Waals surface area contributed by atoms with E-state index < -0.39 is 0 Å². The highest BCUT2D eigenvalue weighted by molar-refractivity contribution is 5.62. The monoisotopic (exact) mass is 227 g/mol. The first-order valence-corrected chi connectivity index (χ1v) is 6.19. The Bertz CT molecular complexity index is 341. The van der Waals surface area contributed by atoms with Crippen molar-refractivity contribution < 1.29 is 0 Å². The summed E-state index contributed by atoms with van der Waals surface area (Å²) in [5.74, 6) is 0. The van der Waals surface area contributed by atoms with Crippen LogP contribution in [0.15, 0.2) is 60.7 Å². The van der Waals surface area contributed by atoms with Crippen molar-refractivity contribution in [2.75, 3.05) is 13.1 Å². The van der Waals surface area contributed by atoms with Crippen LogP contribution in [0.4, 0.5) is 0 Å². The third kappa shape index (κ3) is 5.32. The van der Waals surface area contributed by atoms with Crippen LogP contribution in [0.2, 0.25) is 0 Å². The van der Waals surface area contributed by atoms with Crippen LogP contribution >= 0.6 is 0 Å². The van der Waals surface area contributed by atoms with Crippen LogP contribution in [0.1, 0.15) is 13.8 Å². The smallest absolute Gasteiger partial charge is 0.00775 e. The fourth-order valence-electron chi connectivity index (χ4n) is 1.51. The van der Waals surface area contributed by atoms with Gasteiger partial charge in [0.1, 0.15) is 0 Å². The van der Waals surface area contributed by atoms with E-state index in [1.807, 2.05) is 12.1 Å². The zero-order valence-corrected chi connectivity index (χ0v) is 10.7. The van der Waals surface area contributed by atoms with Gasteiger partial charge in [0.05, 0.1) is 0 Å². The molecule has 0 fully saturated rings. The lowest BCUT2D eigenvalue weighted by Gasteiger charge is -1.98. The predicted molar refractivity (Wildman–Crippen MR) is 76.1 cm³/mol. The van der Waals surface area contributed by atoms with E-state index in [2.05, 4.69) is 67.7 Å². The predicted octanol–water partition coefficient (Wildman–Crippen LogP) is 3.97. The first-order valence-electron chi connectivity index (χ1n) is 6.19. The molecule has 0 aliphatic heterocycles. The fourth-order valence-corrected chi connectivity index (χ4v) is 1.51. The number of hydrogen-bond donors (Lipinski definition) is 1. The molecule has 0 saturated heterocycles. The van der Waals surface area contributed by atoms with Crippen LogP contribution in [0, 0.1) is 0 Å². The molecule has 0 spiro atoms. The topological polar surface area (TPSA) is 12.0 Å². The molecule has 1 nitrogen and oxygen atoms in total. The van der Waals surface area contributed by atoms with Crippen molar-refractivity contribution in [3.8, 4) is 11.1 Å². The van der Waals surface area contributed by atoms with E-state index in [-0.39, 0.29) is 0 Å². The quantitative estimate of drug-likeness (QED) is 0.836. The highest BCUT2D eigenvalue weighted by atomic mass is 14.8. The molecule has 17 heavy (non-hydrogen) atoms. The van der Waals surface area contributed by atoms with E-state index in [0.29, 0.717) is 0 Å². The van der Waals surface area contributed by atoms with Crippen LogP contribution < -0.4 is 5.32 Å². The molecular weight excluding hydrogens is 206 g/mol. The van der Waals surface area contributed by atoms with Gasteiger partial charge in [-0.15, -0.1) is 0 Å². The molecule has 0 aliphatic carbocycles. The molecule has 2 aromatic rings. The van der Waals surface area contributed by atoms with Crippen molar-refractivity contribution in [3.63, 3.8) is 0 Å². The Hall–Kier alpha value is -1.60. The Morgan fingerprint density at radius 3 is 1.24 bits per heavy atom. The summed E-state index contributed by atoms with van der Waals surface area (Å²) in [7, 11) is 0. The minimum Gasteiger partial charge on any atom is -0.317 e. The lowest BCUT2D eigenvalue weighted by molar-refractivity contribution is 0.762. The Labute approximate surface area is 105 Å². The molecule has 1 heteroatoms. The summed E-state index contributed by atoms with van der Waals surface area (Å²) >= 11 is 0. The van der Waals surface area contributed by atoms with Crippen LogP contribution in [0.5, 0.6) is 0 Å². The zero-order valence-electron chi connectivity index (χ0n) is 10.7. The highest BCUT2D eigenvalue weighted by Crippen LogP contribution is 2.17. The molecule has 1 N–H and O–H groups in total. The van der Waals surface area contributed by atoms with Gasteiger partial charge < -0.3 is 5.32 Å². The van der Waals surface area contributed by atoms with Crippen LogP contribution in [-0.4, -0.2) is 13.1 Å². The second-order valence-electron chi connectivity index (χ2n) is 3.69. The molecule has 0 heterocycles. The Morgan fingerprint density at radius 2 is 1.00 bits per heavy atom. The summed E-state index contributed by atoms with van der Waals surface area (Å²) in [6, 6.07) is 20.8. The van der Waals surface area contributed by atoms with Gasteiger partial charge in [-0.2, -0.15) is 0 Å². The standard InChI is InChI=1S/C12H10.C4H11N/c1-3-7-11(8-4-1)12-9-5-2-6-10-12;1-3-5-4-2/h1-10H;5H,3-4H2,1-2H3. The third-order valence-electron chi connectivity index (χ3n) is 2.38. The molecule has 0 aliphatic rings. The minimum absolute atomic E-state index is 1.09. The summed E-state index contributed by atoms with van der Waals surface area (Å²) in [6.07, 6.45) is 0. The molecule has 2 rings (SSSR count). The lowest BCUT2D eigenvalue weighted by atomic mass is 10.1. The van der Waals surface area contributed by atoms with E-state index in [0.717, 1.165) is 13.1 Å². The van der Waals surface area contributed by atoms with Crippen LogP contribution in [0.3, 0.4) is 0 Å². The van der Waals surface area contributed by atoms with Gasteiger partial charge in [0.2, 0.25) is 0 Å². The Kier molecular flexibility index (Phi) is 6.76. The molecule has 0 aromatic heterocycles. The summed E-state index contributed by atoms with van der Waals surface area (Å²) in [4.78, 5) is 0.